The Morgan fingerprint density at radius 3 is 2.52 bits per heavy atom. The van der Waals surface area contributed by atoms with E-state index in [0.29, 0.717) is 13.1 Å². The van der Waals surface area contributed by atoms with E-state index < -0.39 is 5.60 Å². The van der Waals surface area contributed by atoms with Crippen molar-refractivity contribution in [2.75, 3.05) is 13.1 Å². The second-order valence-corrected chi connectivity index (χ2v) is 7.36. The summed E-state index contributed by atoms with van der Waals surface area (Å²) in [5, 5.41) is 18.2. The largest absolute Gasteiger partial charge is 0.388 e. The molecule has 0 atom stereocenters. The fraction of sp³-hybridized carbons (Fsp3) is 0.750. The molecule has 0 radical (unpaired) electrons. The highest BCUT2D eigenvalue weighted by Crippen LogP contribution is 2.27. The zero-order valence-corrected chi connectivity index (χ0v) is 17.5. The first kappa shape index (κ1) is 20.6. The minimum absolute atomic E-state index is 0. The van der Waals surface area contributed by atoms with Crippen molar-refractivity contribution >= 4 is 41.3 Å². The first-order valence-corrected chi connectivity index (χ1v) is 9.01. The molecule has 1 aromatic heterocycles. The fourth-order valence-electron chi connectivity index (χ4n) is 2.85. The Morgan fingerprint density at radius 1 is 1.26 bits per heavy atom. The minimum atomic E-state index is -0.578. The third-order valence-electron chi connectivity index (χ3n) is 4.09. The van der Waals surface area contributed by atoms with Gasteiger partial charge in [-0.2, -0.15) is 0 Å². The number of aryl methyl sites for hydroxylation is 2. The molecular formula is C16H29IN4OS. The van der Waals surface area contributed by atoms with Gasteiger partial charge in [-0.15, -0.1) is 35.3 Å². The summed E-state index contributed by atoms with van der Waals surface area (Å²) < 4.78 is 0. The van der Waals surface area contributed by atoms with E-state index in [-0.39, 0.29) is 24.0 Å². The third kappa shape index (κ3) is 6.54. The van der Waals surface area contributed by atoms with Crippen LogP contribution in [0.3, 0.4) is 0 Å². The highest BCUT2D eigenvalue weighted by atomic mass is 127. The Kier molecular flexibility index (Phi) is 8.78. The van der Waals surface area contributed by atoms with Crippen molar-refractivity contribution in [2.45, 2.75) is 65.0 Å². The number of halogens is 1. The Hall–Kier alpha value is -0.410. The lowest BCUT2D eigenvalue weighted by Gasteiger charge is -2.32. The number of rotatable bonds is 5. The maximum absolute atomic E-state index is 10.6. The highest BCUT2D eigenvalue weighted by molar-refractivity contribution is 14.0. The Bertz CT molecular complexity index is 512. The van der Waals surface area contributed by atoms with Crippen LogP contribution in [0.2, 0.25) is 0 Å². The highest BCUT2D eigenvalue weighted by Gasteiger charge is 2.29. The number of hydrogen-bond donors (Lipinski definition) is 3. The lowest BCUT2D eigenvalue weighted by molar-refractivity contribution is 0.00859. The molecule has 5 nitrogen and oxygen atoms in total. The van der Waals surface area contributed by atoms with Crippen LogP contribution in [0.4, 0.5) is 0 Å². The molecule has 7 heteroatoms. The van der Waals surface area contributed by atoms with E-state index in [4.69, 9.17) is 0 Å². The number of aromatic nitrogens is 1. The molecule has 0 bridgehead atoms. The Labute approximate surface area is 160 Å². The third-order valence-corrected chi connectivity index (χ3v) is 5.15. The Balaban J connectivity index is 0.00000264. The molecule has 0 saturated heterocycles. The molecule has 0 unspecified atom stereocenters. The number of nitrogens with zero attached hydrogens (tertiary/aromatic N) is 2. The number of aliphatic imine (C=N–C) groups is 1. The van der Waals surface area contributed by atoms with Gasteiger partial charge < -0.3 is 15.7 Å². The van der Waals surface area contributed by atoms with Crippen LogP contribution < -0.4 is 10.6 Å². The molecule has 2 rings (SSSR count). The summed E-state index contributed by atoms with van der Waals surface area (Å²) in [4.78, 5) is 10.3. The van der Waals surface area contributed by atoms with Gasteiger partial charge in [0.2, 0.25) is 0 Å². The molecular weight excluding hydrogens is 423 g/mol. The van der Waals surface area contributed by atoms with E-state index in [2.05, 4.69) is 27.5 Å². The van der Waals surface area contributed by atoms with E-state index in [0.717, 1.165) is 48.9 Å². The quantitative estimate of drug-likeness (QED) is 0.365. The van der Waals surface area contributed by atoms with Gasteiger partial charge in [-0.3, -0.25) is 0 Å². The first-order valence-electron chi connectivity index (χ1n) is 8.20. The fourth-order valence-corrected chi connectivity index (χ4v) is 3.71. The molecule has 1 aliphatic carbocycles. The van der Waals surface area contributed by atoms with Crippen LogP contribution in [-0.4, -0.2) is 34.7 Å². The van der Waals surface area contributed by atoms with E-state index in [1.165, 1.54) is 11.3 Å². The maximum Gasteiger partial charge on any atom is 0.191 e. The van der Waals surface area contributed by atoms with Crippen molar-refractivity contribution in [1.29, 1.82) is 0 Å². The van der Waals surface area contributed by atoms with E-state index in [9.17, 15) is 5.11 Å². The number of hydrogen-bond acceptors (Lipinski definition) is 4. The van der Waals surface area contributed by atoms with Crippen molar-refractivity contribution < 1.29 is 5.11 Å². The van der Waals surface area contributed by atoms with Crippen LogP contribution in [-0.2, 0) is 6.54 Å². The van der Waals surface area contributed by atoms with Gasteiger partial charge in [-0.05, 0) is 33.6 Å². The molecule has 1 fully saturated rings. The van der Waals surface area contributed by atoms with E-state index in [1.54, 1.807) is 11.3 Å². The molecule has 23 heavy (non-hydrogen) atoms. The number of aliphatic hydroxyl groups is 1. The van der Waals surface area contributed by atoms with Gasteiger partial charge in [0.15, 0.2) is 5.96 Å². The smallest absolute Gasteiger partial charge is 0.191 e. The van der Waals surface area contributed by atoms with Crippen molar-refractivity contribution in [1.82, 2.24) is 15.6 Å². The van der Waals surface area contributed by atoms with E-state index >= 15 is 0 Å². The van der Waals surface area contributed by atoms with Crippen LogP contribution >= 0.6 is 35.3 Å². The summed E-state index contributed by atoms with van der Waals surface area (Å²) in [5.74, 6) is 0.770. The molecule has 1 aliphatic rings. The summed E-state index contributed by atoms with van der Waals surface area (Å²) in [5.41, 5.74) is 0.485. The molecule has 1 aromatic rings. The zero-order chi connectivity index (χ0) is 16.0. The number of nitrogens with one attached hydrogen (secondary N) is 2. The monoisotopic (exact) mass is 452 g/mol. The standard InChI is InChI=1S/C16H28N4OS.HI/c1-4-17-15(18-10-14-12(2)20-13(3)22-14)19-11-16(21)8-6-5-7-9-16;/h21H,4-11H2,1-3H3,(H2,17,18,19);1H. The summed E-state index contributed by atoms with van der Waals surface area (Å²) in [7, 11) is 0. The topological polar surface area (TPSA) is 69.5 Å². The molecule has 132 valence electrons. The van der Waals surface area contributed by atoms with Crippen LogP contribution in [0.1, 0.15) is 54.6 Å². The summed E-state index contributed by atoms with van der Waals surface area (Å²) in [6, 6.07) is 0. The Morgan fingerprint density at radius 2 is 1.96 bits per heavy atom. The van der Waals surface area contributed by atoms with Crippen LogP contribution in [0.5, 0.6) is 0 Å². The second-order valence-electron chi connectivity index (χ2n) is 6.08. The first-order chi connectivity index (χ1) is 10.5. The number of guanidine groups is 1. The zero-order valence-electron chi connectivity index (χ0n) is 14.3. The summed E-state index contributed by atoms with van der Waals surface area (Å²) >= 11 is 1.70. The summed E-state index contributed by atoms with van der Waals surface area (Å²) in [6.07, 6.45) is 5.23. The molecule has 0 amide bonds. The molecule has 0 spiro atoms. The molecule has 1 saturated carbocycles. The molecule has 0 aliphatic heterocycles. The van der Waals surface area contributed by atoms with Gasteiger partial charge >= 0.3 is 0 Å². The lowest BCUT2D eigenvalue weighted by atomic mass is 9.85. The van der Waals surface area contributed by atoms with Gasteiger partial charge in [0.1, 0.15) is 0 Å². The maximum atomic E-state index is 10.6. The molecule has 0 aromatic carbocycles. The van der Waals surface area contributed by atoms with Crippen molar-refractivity contribution in [3.05, 3.63) is 15.6 Å². The van der Waals surface area contributed by atoms with Crippen LogP contribution in [0.25, 0.3) is 0 Å². The predicted molar refractivity (Wildman–Crippen MR) is 108 cm³/mol. The van der Waals surface area contributed by atoms with Gasteiger partial charge in [-0.1, -0.05) is 19.3 Å². The average Bonchev–Trinajstić information content (AvgIpc) is 2.81. The second kappa shape index (κ2) is 9.78. The van der Waals surface area contributed by atoms with Crippen molar-refractivity contribution in [3.8, 4) is 0 Å². The predicted octanol–water partition coefficient (Wildman–Crippen LogP) is 3.13. The number of thiazole rings is 1. The van der Waals surface area contributed by atoms with Gasteiger partial charge in [-0.25, -0.2) is 9.98 Å². The average molecular weight is 452 g/mol. The normalized spacial score (nSPS) is 17.5. The molecule has 1 heterocycles. The van der Waals surface area contributed by atoms with Gasteiger partial charge in [0.25, 0.3) is 0 Å². The minimum Gasteiger partial charge on any atom is -0.388 e. The van der Waals surface area contributed by atoms with Crippen molar-refractivity contribution in [2.24, 2.45) is 4.99 Å². The van der Waals surface area contributed by atoms with Gasteiger partial charge in [0.05, 0.1) is 22.8 Å². The van der Waals surface area contributed by atoms with Crippen molar-refractivity contribution in [3.63, 3.8) is 0 Å². The van der Waals surface area contributed by atoms with E-state index in [1.807, 2.05) is 13.8 Å². The molecule has 3 N–H and O–H groups in total. The van der Waals surface area contributed by atoms with Crippen LogP contribution in [0, 0.1) is 13.8 Å². The van der Waals surface area contributed by atoms with Crippen LogP contribution in [0.15, 0.2) is 4.99 Å². The lowest BCUT2D eigenvalue weighted by Crippen LogP contribution is -2.48. The summed E-state index contributed by atoms with van der Waals surface area (Å²) in [6.45, 7) is 8.11. The van der Waals surface area contributed by atoms with Gasteiger partial charge in [0, 0.05) is 18.0 Å². The SMILES string of the molecule is CCNC(=NCc1sc(C)nc1C)NCC1(O)CCCCC1.I.